The van der Waals surface area contributed by atoms with E-state index in [0.717, 1.165) is 37.7 Å². The molecule has 0 radical (unpaired) electrons. The molecule has 1 heterocycles. The van der Waals surface area contributed by atoms with Crippen molar-refractivity contribution >= 4 is 11.6 Å². The summed E-state index contributed by atoms with van der Waals surface area (Å²) < 4.78 is 53.2. The van der Waals surface area contributed by atoms with E-state index in [-0.39, 0.29) is 10.8 Å². The summed E-state index contributed by atoms with van der Waals surface area (Å²) in [7, 11) is 0. The van der Waals surface area contributed by atoms with E-state index in [0.29, 0.717) is 12.1 Å². The first-order valence-electron chi connectivity index (χ1n) is 8.43. The topological polar surface area (TPSA) is 15.3 Å². The van der Waals surface area contributed by atoms with Crippen LogP contribution >= 0.6 is 11.6 Å². The Morgan fingerprint density at radius 2 is 1.65 bits per heavy atom. The summed E-state index contributed by atoms with van der Waals surface area (Å²) in [4.78, 5) is 2.12. The molecule has 1 atom stereocenters. The van der Waals surface area contributed by atoms with Gasteiger partial charge in [0.05, 0.1) is 16.6 Å². The summed E-state index contributed by atoms with van der Waals surface area (Å²) in [5.41, 5.74) is 0.399. The van der Waals surface area contributed by atoms with Crippen LogP contribution in [0.4, 0.5) is 17.6 Å². The average molecular weight is 387 g/mol. The Kier molecular flexibility index (Phi) is 5.85. The van der Waals surface area contributed by atoms with Crippen LogP contribution in [0.2, 0.25) is 5.02 Å². The molecule has 1 saturated heterocycles. The van der Waals surface area contributed by atoms with Crippen LogP contribution in [0.5, 0.6) is 0 Å². The van der Waals surface area contributed by atoms with Crippen molar-refractivity contribution in [3.05, 3.63) is 70.0 Å². The largest absolute Gasteiger partial charge is 0.417 e. The second-order valence-electron chi connectivity index (χ2n) is 6.33. The van der Waals surface area contributed by atoms with Crippen LogP contribution in [0.3, 0.4) is 0 Å². The minimum absolute atomic E-state index is 0.323. The van der Waals surface area contributed by atoms with Gasteiger partial charge in [0.15, 0.2) is 0 Å². The highest BCUT2D eigenvalue weighted by molar-refractivity contribution is 6.31. The van der Waals surface area contributed by atoms with Crippen LogP contribution in [0.25, 0.3) is 0 Å². The first-order valence-corrected chi connectivity index (χ1v) is 8.81. The summed E-state index contributed by atoms with van der Waals surface area (Å²) in [6, 6.07) is 9.53. The van der Waals surface area contributed by atoms with E-state index in [1.165, 1.54) is 18.2 Å². The molecule has 0 aromatic heterocycles. The molecular weight excluding hydrogens is 368 g/mol. The van der Waals surface area contributed by atoms with Gasteiger partial charge in [-0.2, -0.15) is 13.2 Å². The SMILES string of the molecule is Fc1ccc(C(c2ccc(Cl)c(C(F)(F)F)c2)N2CCCNCC2)cc1. The molecule has 3 rings (SSSR count). The fourth-order valence-corrected chi connectivity index (χ4v) is 3.54. The number of hydrogen-bond donors (Lipinski definition) is 1. The molecule has 1 unspecified atom stereocenters. The van der Waals surface area contributed by atoms with Crippen molar-refractivity contribution in [2.45, 2.75) is 18.6 Å². The van der Waals surface area contributed by atoms with Gasteiger partial charge < -0.3 is 5.32 Å². The second-order valence-corrected chi connectivity index (χ2v) is 6.74. The van der Waals surface area contributed by atoms with E-state index in [9.17, 15) is 17.6 Å². The third kappa shape index (κ3) is 4.37. The van der Waals surface area contributed by atoms with Gasteiger partial charge in [-0.15, -0.1) is 0 Å². The lowest BCUT2D eigenvalue weighted by Gasteiger charge is -2.32. The Hall–Kier alpha value is -1.63. The van der Waals surface area contributed by atoms with E-state index < -0.39 is 17.8 Å². The predicted octanol–water partition coefficient (Wildman–Crippen LogP) is 4.88. The molecule has 0 spiro atoms. The molecule has 140 valence electrons. The standard InChI is InChI=1S/C19H19ClF4N2/c20-17-7-4-14(12-16(17)19(22,23)24)18(13-2-5-15(21)6-3-13)26-10-1-8-25-9-11-26/h2-7,12,18,25H,1,8-11H2. The molecule has 7 heteroatoms. The molecule has 0 aliphatic carbocycles. The molecule has 26 heavy (non-hydrogen) atoms. The average Bonchev–Trinajstić information content (AvgIpc) is 2.86. The zero-order chi connectivity index (χ0) is 18.7. The Bertz CT molecular complexity index is 738. The fourth-order valence-electron chi connectivity index (χ4n) is 3.31. The van der Waals surface area contributed by atoms with E-state index in [1.807, 2.05) is 0 Å². The molecule has 1 fully saturated rings. The van der Waals surface area contributed by atoms with Crippen molar-refractivity contribution < 1.29 is 17.6 Å². The van der Waals surface area contributed by atoms with Gasteiger partial charge in [-0.05, 0) is 48.4 Å². The number of alkyl halides is 3. The smallest absolute Gasteiger partial charge is 0.315 e. The zero-order valence-corrected chi connectivity index (χ0v) is 14.7. The summed E-state index contributed by atoms with van der Waals surface area (Å²) in [6.45, 7) is 3.03. The molecule has 1 aliphatic heterocycles. The lowest BCUT2D eigenvalue weighted by molar-refractivity contribution is -0.137. The Morgan fingerprint density at radius 1 is 0.962 bits per heavy atom. The Labute approximate surface area is 154 Å². The van der Waals surface area contributed by atoms with Crippen molar-refractivity contribution in [1.29, 1.82) is 0 Å². The van der Waals surface area contributed by atoms with Gasteiger partial charge in [-0.3, -0.25) is 4.90 Å². The van der Waals surface area contributed by atoms with Crippen molar-refractivity contribution in [3.8, 4) is 0 Å². The lowest BCUT2D eigenvalue weighted by Crippen LogP contribution is -2.33. The third-order valence-electron chi connectivity index (χ3n) is 4.54. The zero-order valence-electron chi connectivity index (χ0n) is 14.0. The van der Waals surface area contributed by atoms with Crippen LogP contribution in [-0.2, 0) is 6.18 Å². The number of benzene rings is 2. The first kappa shape index (κ1) is 19.1. The summed E-state index contributed by atoms with van der Waals surface area (Å²) in [6.07, 6.45) is -3.64. The molecule has 2 aromatic carbocycles. The number of nitrogens with one attached hydrogen (secondary N) is 1. The predicted molar refractivity (Wildman–Crippen MR) is 93.8 cm³/mol. The molecule has 0 amide bonds. The summed E-state index contributed by atoms with van der Waals surface area (Å²) in [5, 5.41) is 2.96. The van der Waals surface area contributed by atoms with Gasteiger partial charge in [0.25, 0.3) is 0 Å². The maximum absolute atomic E-state index is 13.3. The van der Waals surface area contributed by atoms with E-state index >= 15 is 0 Å². The maximum Gasteiger partial charge on any atom is 0.417 e. The van der Waals surface area contributed by atoms with Gasteiger partial charge in [-0.25, -0.2) is 4.39 Å². The number of nitrogens with zero attached hydrogens (tertiary/aromatic N) is 1. The van der Waals surface area contributed by atoms with E-state index in [4.69, 9.17) is 11.6 Å². The van der Waals surface area contributed by atoms with Crippen molar-refractivity contribution in [2.24, 2.45) is 0 Å². The monoisotopic (exact) mass is 386 g/mol. The molecular formula is C19H19ClF4N2. The minimum atomic E-state index is -4.53. The molecule has 2 aromatic rings. The molecule has 1 aliphatic rings. The van der Waals surface area contributed by atoms with Crippen molar-refractivity contribution in [2.75, 3.05) is 26.2 Å². The second kappa shape index (κ2) is 7.94. The number of hydrogen-bond acceptors (Lipinski definition) is 2. The third-order valence-corrected chi connectivity index (χ3v) is 4.87. The van der Waals surface area contributed by atoms with Crippen LogP contribution in [-0.4, -0.2) is 31.1 Å². The lowest BCUT2D eigenvalue weighted by atomic mass is 9.95. The maximum atomic E-state index is 13.3. The minimum Gasteiger partial charge on any atom is -0.315 e. The fraction of sp³-hybridized carbons (Fsp3) is 0.368. The molecule has 1 N–H and O–H groups in total. The van der Waals surface area contributed by atoms with Gasteiger partial charge in [0.2, 0.25) is 0 Å². The van der Waals surface area contributed by atoms with Gasteiger partial charge in [0, 0.05) is 19.6 Å². The van der Waals surface area contributed by atoms with Crippen LogP contribution < -0.4 is 5.32 Å². The van der Waals surface area contributed by atoms with E-state index in [1.54, 1.807) is 18.2 Å². The summed E-state index contributed by atoms with van der Waals surface area (Å²) in [5.74, 6) is -0.378. The van der Waals surface area contributed by atoms with Crippen molar-refractivity contribution in [3.63, 3.8) is 0 Å². The first-order chi connectivity index (χ1) is 12.4. The normalized spacial score (nSPS) is 17.7. The van der Waals surface area contributed by atoms with Crippen LogP contribution in [0.15, 0.2) is 42.5 Å². The quantitative estimate of drug-likeness (QED) is 0.756. The van der Waals surface area contributed by atoms with Gasteiger partial charge in [0.1, 0.15) is 5.82 Å². The van der Waals surface area contributed by atoms with Gasteiger partial charge >= 0.3 is 6.18 Å². The Balaban J connectivity index is 2.06. The molecule has 0 bridgehead atoms. The molecule has 2 nitrogen and oxygen atoms in total. The number of rotatable bonds is 3. The highest BCUT2D eigenvalue weighted by Gasteiger charge is 2.34. The van der Waals surface area contributed by atoms with E-state index in [2.05, 4.69) is 10.2 Å². The number of halogens is 5. The van der Waals surface area contributed by atoms with Crippen molar-refractivity contribution in [1.82, 2.24) is 10.2 Å². The summed E-state index contributed by atoms with van der Waals surface area (Å²) >= 11 is 5.77. The van der Waals surface area contributed by atoms with Crippen LogP contribution in [0.1, 0.15) is 29.2 Å². The Morgan fingerprint density at radius 3 is 2.35 bits per heavy atom. The highest BCUT2D eigenvalue weighted by Crippen LogP contribution is 2.38. The molecule has 0 saturated carbocycles. The van der Waals surface area contributed by atoms with Gasteiger partial charge in [-0.1, -0.05) is 29.8 Å². The highest BCUT2D eigenvalue weighted by atomic mass is 35.5. The van der Waals surface area contributed by atoms with Crippen LogP contribution in [0, 0.1) is 5.82 Å².